The van der Waals surface area contributed by atoms with Crippen molar-refractivity contribution in [3.63, 3.8) is 0 Å². The fraction of sp³-hybridized carbons (Fsp3) is 0.227. The number of hydrogen-bond donors (Lipinski definition) is 3. The van der Waals surface area contributed by atoms with E-state index in [-0.39, 0.29) is 5.91 Å². The summed E-state index contributed by atoms with van der Waals surface area (Å²) in [6.07, 6.45) is 8.89. The molecule has 1 saturated heterocycles. The van der Waals surface area contributed by atoms with Crippen molar-refractivity contribution in [1.82, 2.24) is 9.88 Å². The SMILES string of the molecule is N=CC(=CN)c1ccncc1/C=C/C(=O)Nc1ccc(CN2CCOCC2)cc1. The minimum atomic E-state index is -0.242. The first kappa shape index (κ1) is 20.4. The number of pyridine rings is 1. The number of amides is 1. The molecule has 0 spiro atoms. The number of nitrogens with zero attached hydrogens (tertiary/aromatic N) is 2. The summed E-state index contributed by atoms with van der Waals surface area (Å²) in [4.78, 5) is 18.7. The van der Waals surface area contributed by atoms with E-state index in [9.17, 15) is 4.79 Å². The summed E-state index contributed by atoms with van der Waals surface area (Å²) < 4.78 is 5.37. The fourth-order valence-electron chi connectivity index (χ4n) is 3.08. The van der Waals surface area contributed by atoms with E-state index in [0.29, 0.717) is 11.1 Å². The van der Waals surface area contributed by atoms with Gasteiger partial charge in [-0.05, 0) is 35.4 Å². The van der Waals surface area contributed by atoms with E-state index < -0.39 is 0 Å². The van der Waals surface area contributed by atoms with Crippen LogP contribution >= 0.6 is 0 Å². The van der Waals surface area contributed by atoms with Crippen LogP contribution in [-0.4, -0.2) is 48.3 Å². The molecule has 29 heavy (non-hydrogen) atoms. The molecule has 0 radical (unpaired) electrons. The van der Waals surface area contributed by atoms with Gasteiger partial charge in [-0.1, -0.05) is 12.1 Å². The van der Waals surface area contributed by atoms with E-state index >= 15 is 0 Å². The van der Waals surface area contributed by atoms with Gasteiger partial charge in [0.15, 0.2) is 0 Å². The van der Waals surface area contributed by atoms with E-state index in [1.165, 1.54) is 24.1 Å². The highest BCUT2D eigenvalue weighted by Crippen LogP contribution is 2.18. The van der Waals surface area contributed by atoms with Crippen molar-refractivity contribution in [2.24, 2.45) is 5.73 Å². The largest absolute Gasteiger partial charge is 0.404 e. The maximum absolute atomic E-state index is 12.3. The molecule has 1 aliphatic rings. The Morgan fingerprint density at radius 1 is 1.24 bits per heavy atom. The average Bonchev–Trinajstić information content (AvgIpc) is 2.76. The van der Waals surface area contributed by atoms with Gasteiger partial charge in [0.2, 0.25) is 5.91 Å². The van der Waals surface area contributed by atoms with Crippen LogP contribution in [0.1, 0.15) is 16.7 Å². The summed E-state index contributed by atoms with van der Waals surface area (Å²) in [5.41, 5.74) is 9.52. The lowest BCUT2D eigenvalue weighted by Crippen LogP contribution is -2.35. The van der Waals surface area contributed by atoms with Gasteiger partial charge in [-0.2, -0.15) is 0 Å². The number of anilines is 1. The van der Waals surface area contributed by atoms with Gasteiger partial charge in [-0.25, -0.2) is 0 Å². The number of rotatable bonds is 7. The summed E-state index contributed by atoms with van der Waals surface area (Å²) in [7, 11) is 0. The van der Waals surface area contributed by atoms with Crippen molar-refractivity contribution in [3.05, 3.63) is 71.7 Å². The first-order chi connectivity index (χ1) is 14.2. The van der Waals surface area contributed by atoms with Crippen LogP contribution in [0.3, 0.4) is 0 Å². The summed E-state index contributed by atoms with van der Waals surface area (Å²) in [5.74, 6) is -0.242. The number of carbonyl (C=O) groups excluding carboxylic acids is 1. The Labute approximate surface area is 170 Å². The first-order valence-corrected chi connectivity index (χ1v) is 9.44. The molecule has 1 aromatic carbocycles. The molecule has 0 bridgehead atoms. The Balaban J connectivity index is 1.60. The van der Waals surface area contributed by atoms with E-state index in [4.69, 9.17) is 15.9 Å². The zero-order valence-electron chi connectivity index (χ0n) is 16.2. The van der Waals surface area contributed by atoms with Crippen LogP contribution in [0.25, 0.3) is 11.6 Å². The molecule has 150 valence electrons. The second kappa shape index (κ2) is 10.3. The lowest BCUT2D eigenvalue weighted by molar-refractivity contribution is -0.111. The van der Waals surface area contributed by atoms with E-state index in [1.54, 1.807) is 24.5 Å². The summed E-state index contributed by atoms with van der Waals surface area (Å²) in [6, 6.07) is 9.62. The van der Waals surface area contributed by atoms with Crippen molar-refractivity contribution >= 4 is 29.5 Å². The maximum Gasteiger partial charge on any atom is 0.248 e. The normalized spacial score (nSPS) is 15.4. The number of carbonyl (C=O) groups is 1. The molecule has 0 unspecified atom stereocenters. The summed E-state index contributed by atoms with van der Waals surface area (Å²) in [5, 5.41) is 10.3. The molecule has 1 aliphatic heterocycles. The summed E-state index contributed by atoms with van der Waals surface area (Å²) in [6.45, 7) is 4.33. The molecule has 0 saturated carbocycles. The van der Waals surface area contributed by atoms with Crippen molar-refractivity contribution in [1.29, 1.82) is 5.41 Å². The number of ether oxygens (including phenoxy) is 1. The predicted molar refractivity (Wildman–Crippen MR) is 115 cm³/mol. The third-order valence-electron chi connectivity index (χ3n) is 4.64. The van der Waals surface area contributed by atoms with Gasteiger partial charge in [0, 0.05) is 67.3 Å². The molecule has 1 amide bonds. The van der Waals surface area contributed by atoms with Crippen LogP contribution < -0.4 is 11.1 Å². The maximum atomic E-state index is 12.3. The molecule has 1 aromatic heterocycles. The van der Waals surface area contributed by atoms with Gasteiger partial charge >= 0.3 is 0 Å². The molecular weight excluding hydrogens is 366 g/mol. The topological polar surface area (TPSA) is 104 Å². The minimum absolute atomic E-state index is 0.242. The van der Waals surface area contributed by atoms with Crippen LogP contribution in [0, 0.1) is 5.41 Å². The van der Waals surface area contributed by atoms with Crippen molar-refractivity contribution in [2.75, 3.05) is 31.6 Å². The number of benzene rings is 1. The Kier molecular flexibility index (Phi) is 7.27. The monoisotopic (exact) mass is 391 g/mol. The summed E-state index contributed by atoms with van der Waals surface area (Å²) >= 11 is 0. The Morgan fingerprint density at radius 2 is 2.00 bits per heavy atom. The van der Waals surface area contributed by atoms with Crippen LogP contribution in [0.2, 0.25) is 0 Å². The van der Waals surface area contributed by atoms with E-state index in [0.717, 1.165) is 44.1 Å². The smallest absolute Gasteiger partial charge is 0.248 e. The Bertz CT molecular complexity index is 900. The average molecular weight is 391 g/mol. The second-order valence-corrected chi connectivity index (χ2v) is 6.64. The highest BCUT2D eigenvalue weighted by atomic mass is 16.5. The van der Waals surface area contributed by atoms with Gasteiger partial charge < -0.3 is 21.2 Å². The molecule has 7 heteroatoms. The number of nitrogens with two attached hydrogens (primary N) is 1. The zero-order chi connectivity index (χ0) is 20.5. The number of morpholine rings is 1. The van der Waals surface area contributed by atoms with E-state index in [2.05, 4.69) is 15.2 Å². The quantitative estimate of drug-likeness (QED) is 0.497. The molecule has 0 aliphatic carbocycles. The Morgan fingerprint density at radius 3 is 2.69 bits per heavy atom. The van der Waals surface area contributed by atoms with Gasteiger partial charge in [0.25, 0.3) is 0 Å². The third-order valence-corrected chi connectivity index (χ3v) is 4.64. The van der Waals surface area contributed by atoms with Crippen molar-refractivity contribution in [2.45, 2.75) is 6.54 Å². The van der Waals surface area contributed by atoms with Gasteiger partial charge in [-0.3, -0.25) is 14.7 Å². The van der Waals surface area contributed by atoms with Crippen LogP contribution in [0.5, 0.6) is 0 Å². The molecule has 0 atom stereocenters. The lowest BCUT2D eigenvalue weighted by atomic mass is 10.0. The molecule has 3 rings (SSSR count). The predicted octanol–water partition coefficient (Wildman–Crippen LogP) is 2.51. The number of nitrogens with one attached hydrogen (secondary N) is 2. The third kappa shape index (κ3) is 5.84. The molecule has 1 fully saturated rings. The Hall–Kier alpha value is -3.29. The highest BCUT2D eigenvalue weighted by Gasteiger charge is 2.10. The first-order valence-electron chi connectivity index (χ1n) is 9.44. The van der Waals surface area contributed by atoms with E-state index in [1.807, 2.05) is 24.3 Å². The zero-order valence-corrected chi connectivity index (χ0v) is 16.2. The molecule has 4 N–H and O–H groups in total. The molecule has 2 heterocycles. The standard InChI is InChI=1S/C22H25N5O2/c23-13-19(14-24)21-7-8-25-15-18(21)3-6-22(28)26-20-4-1-17(2-5-20)16-27-9-11-29-12-10-27/h1-8,13-15,23H,9-12,16,24H2,(H,26,28)/b6-3+,19-14?,23-13?. The highest BCUT2D eigenvalue weighted by molar-refractivity contribution is 6.10. The number of allylic oxidation sites excluding steroid dienone is 1. The molecule has 7 nitrogen and oxygen atoms in total. The van der Waals surface area contributed by atoms with Gasteiger partial charge in [-0.15, -0.1) is 0 Å². The number of aromatic nitrogens is 1. The minimum Gasteiger partial charge on any atom is -0.404 e. The molecular formula is C22H25N5O2. The van der Waals surface area contributed by atoms with Crippen LogP contribution in [0.15, 0.2) is 55.0 Å². The second-order valence-electron chi connectivity index (χ2n) is 6.64. The van der Waals surface area contributed by atoms with Crippen molar-refractivity contribution in [3.8, 4) is 0 Å². The van der Waals surface area contributed by atoms with Crippen LogP contribution in [0.4, 0.5) is 5.69 Å². The fourth-order valence-corrected chi connectivity index (χ4v) is 3.08. The lowest BCUT2D eigenvalue weighted by Gasteiger charge is -2.26. The van der Waals surface area contributed by atoms with Crippen molar-refractivity contribution < 1.29 is 9.53 Å². The van der Waals surface area contributed by atoms with Gasteiger partial charge in [0.1, 0.15) is 0 Å². The van der Waals surface area contributed by atoms with Crippen LogP contribution in [-0.2, 0) is 16.1 Å². The van der Waals surface area contributed by atoms with Gasteiger partial charge in [0.05, 0.1) is 13.2 Å². The molecule has 2 aromatic rings. The number of hydrogen-bond acceptors (Lipinski definition) is 6.